The zero-order valence-corrected chi connectivity index (χ0v) is 4.80. The molecule has 1 N–H and O–H groups in total. The lowest BCUT2D eigenvalue weighted by Gasteiger charge is -2.11. The lowest BCUT2D eigenvalue weighted by molar-refractivity contribution is 0.382. The van der Waals surface area contributed by atoms with Crippen molar-refractivity contribution in [2.45, 2.75) is 18.9 Å². The molecule has 1 heterocycles. The van der Waals surface area contributed by atoms with Crippen molar-refractivity contribution in [3.8, 4) is 0 Å². The molecule has 0 unspecified atom stereocenters. The molecule has 2 aliphatic rings. The summed E-state index contributed by atoms with van der Waals surface area (Å²) in [5.74, 6) is 0. The van der Waals surface area contributed by atoms with Crippen LogP contribution in [-0.4, -0.2) is 17.6 Å². The number of nitrogens with one attached hydrogen (secondary N) is 1. The molecule has 0 atom stereocenters. The molecule has 0 saturated heterocycles. The Morgan fingerprint density at radius 2 is 2.38 bits per heavy atom. The van der Waals surface area contributed by atoms with Crippen molar-refractivity contribution < 1.29 is 0 Å². The fourth-order valence-electron chi connectivity index (χ4n) is 1.02. The Bertz CT molecular complexity index is 116. The smallest absolute Gasteiger partial charge is 0.0870 e. The summed E-state index contributed by atoms with van der Waals surface area (Å²) in [5, 5.41) is 3.14. The van der Waals surface area contributed by atoms with E-state index in [2.05, 4.69) is 16.4 Å². The molecule has 0 aromatic carbocycles. The van der Waals surface area contributed by atoms with Gasteiger partial charge in [-0.3, -0.25) is 0 Å². The van der Waals surface area contributed by atoms with Crippen molar-refractivity contribution in [3.05, 3.63) is 12.4 Å². The van der Waals surface area contributed by atoms with Crippen molar-refractivity contribution in [2.75, 3.05) is 6.67 Å². The average molecular weight is 110 g/mol. The quantitative estimate of drug-likeness (QED) is 0.528. The standard InChI is InChI=1S/C6H10N2/c1-2-6(1)8-4-3-7-5-8/h3-4,6-7H,1-2,5H2. The summed E-state index contributed by atoms with van der Waals surface area (Å²) in [6, 6.07) is 0.876. The first-order valence-electron chi connectivity index (χ1n) is 3.12. The van der Waals surface area contributed by atoms with Gasteiger partial charge in [0, 0.05) is 18.4 Å². The van der Waals surface area contributed by atoms with E-state index in [4.69, 9.17) is 0 Å². The van der Waals surface area contributed by atoms with E-state index in [-0.39, 0.29) is 0 Å². The van der Waals surface area contributed by atoms with Crippen molar-refractivity contribution in [3.63, 3.8) is 0 Å². The van der Waals surface area contributed by atoms with Gasteiger partial charge in [0.25, 0.3) is 0 Å². The van der Waals surface area contributed by atoms with Gasteiger partial charge in [0.1, 0.15) is 0 Å². The maximum absolute atomic E-state index is 3.14. The highest BCUT2D eigenvalue weighted by Gasteiger charge is 2.27. The Balaban J connectivity index is 1.95. The first kappa shape index (κ1) is 4.24. The van der Waals surface area contributed by atoms with Gasteiger partial charge in [-0.05, 0) is 12.8 Å². The van der Waals surface area contributed by atoms with Crippen molar-refractivity contribution in [1.29, 1.82) is 0 Å². The first-order valence-corrected chi connectivity index (χ1v) is 3.12. The molecule has 0 bridgehead atoms. The predicted molar refractivity (Wildman–Crippen MR) is 32.0 cm³/mol. The summed E-state index contributed by atoms with van der Waals surface area (Å²) in [5.41, 5.74) is 0. The zero-order valence-electron chi connectivity index (χ0n) is 4.80. The van der Waals surface area contributed by atoms with Crippen molar-refractivity contribution >= 4 is 0 Å². The molecule has 1 aliphatic heterocycles. The van der Waals surface area contributed by atoms with E-state index in [9.17, 15) is 0 Å². The van der Waals surface area contributed by atoms with E-state index in [0.29, 0.717) is 0 Å². The molecule has 0 aromatic rings. The number of hydrogen-bond donors (Lipinski definition) is 1. The van der Waals surface area contributed by atoms with E-state index < -0.39 is 0 Å². The van der Waals surface area contributed by atoms with Crippen LogP contribution < -0.4 is 5.32 Å². The lowest BCUT2D eigenvalue weighted by atomic mass is 10.6. The van der Waals surface area contributed by atoms with Gasteiger partial charge in [0.2, 0.25) is 0 Å². The monoisotopic (exact) mass is 110 g/mol. The second-order valence-corrected chi connectivity index (χ2v) is 2.42. The normalized spacial score (nSPS) is 26.2. The highest BCUT2D eigenvalue weighted by Crippen LogP contribution is 2.27. The van der Waals surface area contributed by atoms with Gasteiger partial charge >= 0.3 is 0 Å². The molecule has 44 valence electrons. The Kier molecular flexibility index (Phi) is 0.745. The van der Waals surface area contributed by atoms with Crippen LogP contribution in [0.3, 0.4) is 0 Å². The van der Waals surface area contributed by atoms with Crippen molar-refractivity contribution in [1.82, 2.24) is 10.2 Å². The Hall–Kier alpha value is -0.660. The molecular formula is C6H10N2. The summed E-state index contributed by atoms with van der Waals surface area (Å²) in [4.78, 5) is 2.35. The number of hydrogen-bond acceptors (Lipinski definition) is 2. The van der Waals surface area contributed by atoms with Crippen LogP contribution in [0, 0.1) is 0 Å². The van der Waals surface area contributed by atoms with Gasteiger partial charge in [-0.15, -0.1) is 0 Å². The molecule has 1 saturated carbocycles. The Morgan fingerprint density at radius 3 is 2.88 bits per heavy atom. The predicted octanol–water partition coefficient (Wildman–Crippen LogP) is 0.483. The highest BCUT2D eigenvalue weighted by atomic mass is 15.3. The molecule has 2 rings (SSSR count). The summed E-state index contributed by atoms with van der Waals surface area (Å²) >= 11 is 0. The van der Waals surface area contributed by atoms with Gasteiger partial charge in [0.05, 0.1) is 6.67 Å². The molecular weight excluding hydrogens is 100 g/mol. The molecule has 1 fully saturated rings. The molecule has 0 radical (unpaired) electrons. The van der Waals surface area contributed by atoms with Crippen molar-refractivity contribution in [2.24, 2.45) is 0 Å². The van der Waals surface area contributed by atoms with Crippen LogP contribution in [0.5, 0.6) is 0 Å². The third kappa shape index (κ3) is 0.565. The van der Waals surface area contributed by atoms with Gasteiger partial charge in [-0.1, -0.05) is 0 Å². The maximum Gasteiger partial charge on any atom is 0.0870 e. The molecule has 2 nitrogen and oxygen atoms in total. The fraction of sp³-hybridized carbons (Fsp3) is 0.667. The molecule has 1 aliphatic carbocycles. The van der Waals surface area contributed by atoms with Crippen LogP contribution in [0.4, 0.5) is 0 Å². The van der Waals surface area contributed by atoms with Gasteiger partial charge < -0.3 is 10.2 Å². The second kappa shape index (κ2) is 1.41. The average Bonchev–Trinajstić information content (AvgIpc) is 2.49. The summed E-state index contributed by atoms with van der Waals surface area (Å²) in [6.07, 6.45) is 6.94. The van der Waals surface area contributed by atoms with Crippen LogP contribution in [-0.2, 0) is 0 Å². The van der Waals surface area contributed by atoms with E-state index in [0.717, 1.165) is 12.7 Å². The van der Waals surface area contributed by atoms with Crippen LogP contribution in [0.1, 0.15) is 12.8 Å². The van der Waals surface area contributed by atoms with Gasteiger partial charge in [-0.25, -0.2) is 0 Å². The summed E-state index contributed by atoms with van der Waals surface area (Å²) in [6.45, 7) is 1.03. The molecule has 8 heavy (non-hydrogen) atoms. The second-order valence-electron chi connectivity index (χ2n) is 2.42. The van der Waals surface area contributed by atoms with Gasteiger partial charge in [-0.2, -0.15) is 0 Å². The molecule has 0 spiro atoms. The van der Waals surface area contributed by atoms with E-state index in [1.165, 1.54) is 12.8 Å². The zero-order chi connectivity index (χ0) is 5.40. The molecule has 2 heteroatoms. The Morgan fingerprint density at radius 1 is 1.50 bits per heavy atom. The minimum atomic E-state index is 0.876. The molecule has 0 amide bonds. The maximum atomic E-state index is 3.14. The SMILES string of the molecule is C1=CN(C2CC2)CN1. The third-order valence-electron chi connectivity index (χ3n) is 1.67. The first-order chi connectivity index (χ1) is 3.97. The van der Waals surface area contributed by atoms with Gasteiger partial charge in [0.15, 0.2) is 0 Å². The van der Waals surface area contributed by atoms with Crippen LogP contribution in [0.15, 0.2) is 12.4 Å². The third-order valence-corrected chi connectivity index (χ3v) is 1.67. The largest absolute Gasteiger partial charge is 0.373 e. The molecule has 0 aromatic heterocycles. The topological polar surface area (TPSA) is 15.3 Å². The summed E-state index contributed by atoms with van der Waals surface area (Å²) < 4.78 is 0. The summed E-state index contributed by atoms with van der Waals surface area (Å²) in [7, 11) is 0. The van der Waals surface area contributed by atoms with Crippen LogP contribution in [0.2, 0.25) is 0 Å². The van der Waals surface area contributed by atoms with E-state index >= 15 is 0 Å². The fourth-order valence-corrected chi connectivity index (χ4v) is 1.02. The van der Waals surface area contributed by atoms with E-state index in [1.54, 1.807) is 0 Å². The number of rotatable bonds is 1. The van der Waals surface area contributed by atoms with E-state index in [1.807, 2.05) is 6.20 Å². The minimum absolute atomic E-state index is 0.876. The lowest BCUT2D eigenvalue weighted by Crippen LogP contribution is -2.22. The van der Waals surface area contributed by atoms with Crippen LogP contribution >= 0.6 is 0 Å². The number of nitrogens with zero attached hydrogens (tertiary/aromatic N) is 1. The van der Waals surface area contributed by atoms with Crippen LogP contribution in [0.25, 0.3) is 0 Å². The Labute approximate surface area is 49.2 Å². The minimum Gasteiger partial charge on any atom is -0.373 e. The highest BCUT2D eigenvalue weighted by molar-refractivity contribution is 4.96.